The van der Waals surface area contributed by atoms with Gasteiger partial charge < -0.3 is 9.47 Å². The number of hydrogen-bond acceptors (Lipinski definition) is 3. The van der Waals surface area contributed by atoms with Crippen molar-refractivity contribution in [2.24, 2.45) is 0 Å². The molecule has 3 nitrogen and oxygen atoms in total. The second kappa shape index (κ2) is 8.48. The van der Waals surface area contributed by atoms with E-state index < -0.39 is 0 Å². The molecule has 0 aromatic rings. The van der Waals surface area contributed by atoms with E-state index in [9.17, 15) is 4.79 Å². The molecule has 1 aliphatic heterocycles. The van der Waals surface area contributed by atoms with Gasteiger partial charge in [0.25, 0.3) is 0 Å². The molecule has 1 rings (SSSR count). The van der Waals surface area contributed by atoms with Crippen molar-refractivity contribution in [1.29, 1.82) is 0 Å². The summed E-state index contributed by atoms with van der Waals surface area (Å²) < 4.78 is 11.0. The Hall–Kier alpha value is -0.670. The maximum absolute atomic E-state index is 11.2. The molecular weight excluding hydrogens is 204 g/mol. The molecule has 1 unspecified atom stereocenters. The van der Waals surface area contributed by atoms with Gasteiger partial charge in [0.1, 0.15) is 0 Å². The van der Waals surface area contributed by atoms with Crippen LogP contribution in [0.5, 0.6) is 0 Å². The van der Waals surface area contributed by atoms with Gasteiger partial charge in [-0.05, 0) is 38.2 Å². The summed E-state index contributed by atoms with van der Waals surface area (Å²) in [6, 6.07) is 0. The zero-order valence-corrected chi connectivity index (χ0v) is 10.1. The first kappa shape index (κ1) is 13.4. The van der Waals surface area contributed by atoms with Gasteiger partial charge in [-0.3, -0.25) is 4.79 Å². The lowest BCUT2D eigenvalue weighted by Crippen LogP contribution is -2.22. The van der Waals surface area contributed by atoms with Crippen molar-refractivity contribution in [3.8, 4) is 0 Å². The van der Waals surface area contributed by atoms with E-state index in [-0.39, 0.29) is 12.1 Å². The zero-order valence-electron chi connectivity index (χ0n) is 10.1. The predicted octanol–water partition coefficient (Wildman–Crippen LogP) is 2.85. The van der Waals surface area contributed by atoms with Crippen molar-refractivity contribution in [3.05, 3.63) is 12.2 Å². The van der Waals surface area contributed by atoms with E-state index >= 15 is 0 Å². The molecule has 1 saturated heterocycles. The molecule has 0 radical (unpaired) electrons. The molecule has 1 fully saturated rings. The van der Waals surface area contributed by atoms with E-state index in [0.29, 0.717) is 13.0 Å². The third kappa shape index (κ3) is 6.03. The van der Waals surface area contributed by atoms with Crippen LogP contribution in [0.1, 0.15) is 45.4 Å². The van der Waals surface area contributed by atoms with Gasteiger partial charge in [-0.25, -0.2) is 0 Å². The summed E-state index contributed by atoms with van der Waals surface area (Å²) in [5.74, 6) is 0.205. The molecule has 0 aromatic carbocycles. The zero-order chi connectivity index (χ0) is 11.6. The van der Waals surface area contributed by atoms with Crippen molar-refractivity contribution in [1.82, 2.24) is 0 Å². The monoisotopic (exact) mass is 226 g/mol. The summed E-state index contributed by atoms with van der Waals surface area (Å²) in [6.07, 6.45) is 9.20. The fourth-order valence-corrected chi connectivity index (χ4v) is 1.65. The van der Waals surface area contributed by atoms with E-state index in [4.69, 9.17) is 9.47 Å². The number of allylic oxidation sites excluding steroid dienone is 1. The van der Waals surface area contributed by atoms with E-state index in [2.05, 4.69) is 0 Å². The highest BCUT2D eigenvalue weighted by Gasteiger charge is 2.12. The van der Waals surface area contributed by atoms with Gasteiger partial charge in [0, 0.05) is 13.0 Å². The van der Waals surface area contributed by atoms with Gasteiger partial charge in [-0.2, -0.15) is 0 Å². The van der Waals surface area contributed by atoms with Crippen LogP contribution in [0.25, 0.3) is 0 Å². The lowest BCUT2D eigenvalue weighted by atomic mass is 10.2. The first-order valence-corrected chi connectivity index (χ1v) is 6.25. The van der Waals surface area contributed by atoms with Crippen LogP contribution in [0.15, 0.2) is 12.2 Å². The molecule has 0 aliphatic carbocycles. The summed E-state index contributed by atoms with van der Waals surface area (Å²) in [5, 5.41) is 0. The molecule has 1 aliphatic rings. The summed E-state index contributed by atoms with van der Waals surface area (Å²) >= 11 is 0. The van der Waals surface area contributed by atoms with Crippen LogP contribution in [0, 0.1) is 0 Å². The van der Waals surface area contributed by atoms with Crippen LogP contribution in [0.3, 0.4) is 0 Å². The standard InChI is InChI=1S/C13H22O3/c1-2-7-12(14)8-3-5-10-15-13-9-4-6-11-16-13/h3,8,13H,2,4-7,9-11H2,1H3/b8-3+. The highest BCUT2D eigenvalue weighted by molar-refractivity contribution is 5.89. The average Bonchev–Trinajstić information content (AvgIpc) is 2.30. The molecule has 3 heteroatoms. The molecule has 0 aromatic heterocycles. The Kier molecular flexibility index (Phi) is 7.10. The molecule has 0 N–H and O–H groups in total. The maximum atomic E-state index is 11.2. The Morgan fingerprint density at radius 1 is 1.50 bits per heavy atom. The van der Waals surface area contributed by atoms with Gasteiger partial charge in [-0.1, -0.05) is 13.0 Å². The van der Waals surface area contributed by atoms with Crippen LogP contribution >= 0.6 is 0 Å². The highest BCUT2D eigenvalue weighted by atomic mass is 16.7. The summed E-state index contributed by atoms with van der Waals surface area (Å²) in [4.78, 5) is 11.2. The van der Waals surface area contributed by atoms with Gasteiger partial charge in [-0.15, -0.1) is 0 Å². The van der Waals surface area contributed by atoms with Crippen LogP contribution in [-0.4, -0.2) is 25.3 Å². The van der Waals surface area contributed by atoms with Gasteiger partial charge in [0.05, 0.1) is 6.61 Å². The SMILES string of the molecule is CCCC(=O)/C=C/CCOC1CCCCO1. The summed E-state index contributed by atoms with van der Waals surface area (Å²) in [6.45, 7) is 3.46. The van der Waals surface area contributed by atoms with E-state index in [1.54, 1.807) is 6.08 Å². The first-order chi connectivity index (χ1) is 7.83. The normalized spacial score (nSPS) is 21.4. The van der Waals surface area contributed by atoms with Crippen LogP contribution < -0.4 is 0 Å². The average molecular weight is 226 g/mol. The van der Waals surface area contributed by atoms with Crippen LogP contribution in [0.4, 0.5) is 0 Å². The van der Waals surface area contributed by atoms with Gasteiger partial charge in [0.15, 0.2) is 12.1 Å². The quantitative estimate of drug-likeness (QED) is 0.494. The maximum Gasteiger partial charge on any atom is 0.157 e. The second-order valence-electron chi connectivity index (χ2n) is 4.07. The number of ether oxygens (including phenoxy) is 2. The molecule has 92 valence electrons. The largest absolute Gasteiger partial charge is 0.353 e. The number of hydrogen-bond donors (Lipinski definition) is 0. The van der Waals surface area contributed by atoms with Crippen molar-refractivity contribution >= 4 is 5.78 Å². The Morgan fingerprint density at radius 2 is 2.38 bits per heavy atom. The molecular formula is C13H22O3. The minimum absolute atomic E-state index is 0.0199. The third-order valence-corrected chi connectivity index (χ3v) is 2.53. The molecule has 1 atom stereocenters. The Labute approximate surface area is 97.8 Å². The van der Waals surface area contributed by atoms with E-state index in [1.807, 2.05) is 13.0 Å². The minimum Gasteiger partial charge on any atom is -0.353 e. The fraction of sp³-hybridized carbons (Fsp3) is 0.769. The number of ketones is 1. The molecule has 0 bridgehead atoms. The smallest absolute Gasteiger partial charge is 0.157 e. The van der Waals surface area contributed by atoms with Crippen molar-refractivity contribution in [2.45, 2.75) is 51.7 Å². The van der Waals surface area contributed by atoms with Crippen molar-refractivity contribution < 1.29 is 14.3 Å². The number of carbonyl (C=O) groups excluding carboxylic acids is 1. The third-order valence-electron chi connectivity index (χ3n) is 2.53. The Balaban J connectivity index is 2.00. The lowest BCUT2D eigenvalue weighted by Gasteiger charge is -2.22. The first-order valence-electron chi connectivity index (χ1n) is 6.25. The summed E-state index contributed by atoms with van der Waals surface area (Å²) in [7, 11) is 0. The summed E-state index contributed by atoms with van der Waals surface area (Å²) in [5.41, 5.74) is 0. The van der Waals surface area contributed by atoms with E-state index in [1.165, 1.54) is 6.42 Å². The highest BCUT2D eigenvalue weighted by Crippen LogP contribution is 2.13. The molecule has 0 saturated carbocycles. The van der Waals surface area contributed by atoms with E-state index in [0.717, 1.165) is 32.3 Å². The molecule has 1 heterocycles. The number of carbonyl (C=O) groups is 1. The predicted molar refractivity (Wildman–Crippen MR) is 63.2 cm³/mol. The topological polar surface area (TPSA) is 35.5 Å². The molecule has 0 amide bonds. The second-order valence-corrected chi connectivity index (χ2v) is 4.07. The Bertz CT molecular complexity index is 217. The van der Waals surface area contributed by atoms with Gasteiger partial charge in [0.2, 0.25) is 0 Å². The molecule has 16 heavy (non-hydrogen) atoms. The fourth-order valence-electron chi connectivity index (χ4n) is 1.65. The van der Waals surface area contributed by atoms with Crippen molar-refractivity contribution in [3.63, 3.8) is 0 Å². The minimum atomic E-state index is -0.0199. The van der Waals surface area contributed by atoms with Crippen molar-refractivity contribution in [2.75, 3.05) is 13.2 Å². The Morgan fingerprint density at radius 3 is 3.06 bits per heavy atom. The number of rotatable bonds is 7. The molecule has 0 spiro atoms. The van der Waals surface area contributed by atoms with Crippen LogP contribution in [-0.2, 0) is 14.3 Å². The van der Waals surface area contributed by atoms with Gasteiger partial charge >= 0.3 is 0 Å². The lowest BCUT2D eigenvalue weighted by molar-refractivity contribution is -0.161. The van der Waals surface area contributed by atoms with Crippen LogP contribution in [0.2, 0.25) is 0 Å².